The van der Waals surface area contributed by atoms with Gasteiger partial charge >= 0.3 is 0 Å². The van der Waals surface area contributed by atoms with Crippen LogP contribution >= 0.6 is 0 Å². The van der Waals surface area contributed by atoms with Crippen LogP contribution in [0.1, 0.15) is 62.9 Å². The van der Waals surface area contributed by atoms with Crippen LogP contribution in [0.4, 0.5) is 0 Å². The Morgan fingerprint density at radius 3 is 2.54 bits per heavy atom. The smallest absolute Gasteiger partial charge is 0.191 e. The minimum Gasteiger partial charge on any atom is -0.385 e. The van der Waals surface area contributed by atoms with Crippen molar-refractivity contribution in [3.63, 3.8) is 0 Å². The zero-order valence-electron chi connectivity index (χ0n) is 17.3. The number of guanidine groups is 1. The summed E-state index contributed by atoms with van der Waals surface area (Å²) in [5.74, 6) is 0.877. The lowest BCUT2D eigenvalue weighted by Crippen LogP contribution is -2.43. The standard InChI is InChI=1S/C20H37N5O/c1-6-17-16(18(7-2)25(4)24-17)14-22-19(21-3)23-15-20(12-13-26-5)10-8-9-11-20/h6-15H2,1-5H3,(H2,21,22,23). The summed E-state index contributed by atoms with van der Waals surface area (Å²) < 4.78 is 7.36. The minimum atomic E-state index is 0.352. The van der Waals surface area contributed by atoms with E-state index in [1.165, 1.54) is 42.6 Å². The lowest BCUT2D eigenvalue weighted by molar-refractivity contribution is 0.138. The van der Waals surface area contributed by atoms with Crippen LogP contribution in [0.5, 0.6) is 0 Å². The summed E-state index contributed by atoms with van der Waals surface area (Å²) >= 11 is 0. The van der Waals surface area contributed by atoms with Crippen LogP contribution in [0.3, 0.4) is 0 Å². The fraction of sp³-hybridized carbons (Fsp3) is 0.800. The van der Waals surface area contributed by atoms with Crippen molar-refractivity contribution in [1.82, 2.24) is 20.4 Å². The summed E-state index contributed by atoms with van der Waals surface area (Å²) in [6.07, 6.45) is 8.28. The zero-order chi connectivity index (χ0) is 19.0. The molecule has 0 aromatic carbocycles. The summed E-state index contributed by atoms with van der Waals surface area (Å²) in [5.41, 5.74) is 4.15. The first-order valence-electron chi connectivity index (χ1n) is 10.1. The van der Waals surface area contributed by atoms with Crippen LogP contribution in [-0.2, 0) is 31.2 Å². The molecule has 2 rings (SSSR count). The van der Waals surface area contributed by atoms with Crippen molar-refractivity contribution in [2.45, 2.75) is 65.3 Å². The first-order chi connectivity index (χ1) is 12.6. The number of methoxy groups -OCH3 is 1. The number of nitrogens with one attached hydrogen (secondary N) is 2. The number of aliphatic imine (C=N–C) groups is 1. The van der Waals surface area contributed by atoms with Crippen molar-refractivity contribution >= 4 is 5.96 Å². The summed E-state index contributed by atoms with van der Waals surface area (Å²) in [4.78, 5) is 4.43. The van der Waals surface area contributed by atoms with Gasteiger partial charge in [0.25, 0.3) is 0 Å². The van der Waals surface area contributed by atoms with Gasteiger partial charge in [-0.25, -0.2) is 0 Å². The highest BCUT2D eigenvalue weighted by atomic mass is 16.5. The molecule has 2 N–H and O–H groups in total. The first kappa shape index (κ1) is 20.7. The number of rotatable bonds is 9. The summed E-state index contributed by atoms with van der Waals surface area (Å²) in [5, 5.41) is 11.7. The van der Waals surface area contributed by atoms with Gasteiger partial charge in [0.15, 0.2) is 5.96 Å². The lowest BCUT2D eigenvalue weighted by Gasteiger charge is -2.30. The van der Waals surface area contributed by atoms with Gasteiger partial charge in [0.2, 0.25) is 0 Å². The van der Waals surface area contributed by atoms with Gasteiger partial charge in [0.05, 0.1) is 5.69 Å². The number of hydrogen-bond donors (Lipinski definition) is 2. The molecule has 148 valence electrons. The first-order valence-corrected chi connectivity index (χ1v) is 10.1. The second-order valence-corrected chi connectivity index (χ2v) is 7.43. The molecule has 1 aliphatic carbocycles. The SMILES string of the molecule is CCc1nn(C)c(CC)c1CNC(=NC)NCC1(CCOC)CCCC1. The van der Waals surface area contributed by atoms with Crippen molar-refractivity contribution in [3.05, 3.63) is 17.0 Å². The van der Waals surface area contributed by atoms with Crippen LogP contribution in [0, 0.1) is 5.41 Å². The van der Waals surface area contributed by atoms with E-state index >= 15 is 0 Å². The molecule has 0 unspecified atom stereocenters. The third-order valence-electron chi connectivity index (χ3n) is 5.82. The Kier molecular flexibility index (Phi) is 7.94. The molecule has 26 heavy (non-hydrogen) atoms. The molecule has 1 fully saturated rings. The molecule has 1 saturated carbocycles. The summed E-state index contributed by atoms with van der Waals surface area (Å²) in [6, 6.07) is 0. The molecule has 0 amide bonds. The molecule has 0 spiro atoms. The van der Waals surface area contributed by atoms with E-state index in [2.05, 4.69) is 34.6 Å². The van der Waals surface area contributed by atoms with Gasteiger partial charge in [-0.3, -0.25) is 9.67 Å². The Morgan fingerprint density at radius 2 is 1.96 bits per heavy atom. The second-order valence-electron chi connectivity index (χ2n) is 7.43. The predicted molar refractivity (Wildman–Crippen MR) is 108 cm³/mol. The Labute approximate surface area is 158 Å². The van der Waals surface area contributed by atoms with Crippen LogP contribution in [0.25, 0.3) is 0 Å². The highest BCUT2D eigenvalue weighted by molar-refractivity contribution is 5.79. The molecule has 1 aliphatic rings. The number of ether oxygens (including phenoxy) is 1. The van der Waals surface area contributed by atoms with E-state index in [0.717, 1.165) is 44.9 Å². The molecule has 1 heterocycles. The van der Waals surface area contributed by atoms with Gasteiger partial charge in [-0.05, 0) is 37.5 Å². The average Bonchev–Trinajstić information content (AvgIpc) is 3.24. The Balaban J connectivity index is 1.96. The lowest BCUT2D eigenvalue weighted by atomic mass is 9.83. The van der Waals surface area contributed by atoms with E-state index in [4.69, 9.17) is 4.74 Å². The molecule has 0 saturated heterocycles. The summed E-state index contributed by atoms with van der Waals surface area (Å²) in [7, 11) is 5.67. The van der Waals surface area contributed by atoms with Crippen LogP contribution in [0.15, 0.2) is 4.99 Å². The largest absolute Gasteiger partial charge is 0.385 e. The van der Waals surface area contributed by atoms with Crippen LogP contribution < -0.4 is 10.6 Å². The maximum Gasteiger partial charge on any atom is 0.191 e. The molecule has 0 atom stereocenters. The van der Waals surface area contributed by atoms with Crippen molar-refractivity contribution < 1.29 is 4.74 Å². The Bertz CT molecular complexity index is 587. The van der Waals surface area contributed by atoms with Gasteiger partial charge < -0.3 is 15.4 Å². The maximum absolute atomic E-state index is 5.34. The van der Waals surface area contributed by atoms with Gasteiger partial charge in [-0.15, -0.1) is 0 Å². The third kappa shape index (κ3) is 5.00. The quantitative estimate of drug-likeness (QED) is 0.523. The molecule has 1 aromatic heterocycles. The van der Waals surface area contributed by atoms with Gasteiger partial charge in [0.1, 0.15) is 0 Å². The Morgan fingerprint density at radius 1 is 1.23 bits per heavy atom. The summed E-state index contributed by atoms with van der Waals surface area (Å²) in [6.45, 7) is 6.92. The zero-order valence-corrected chi connectivity index (χ0v) is 17.3. The van der Waals surface area contributed by atoms with Crippen LogP contribution in [0.2, 0.25) is 0 Å². The monoisotopic (exact) mass is 363 g/mol. The van der Waals surface area contributed by atoms with E-state index < -0.39 is 0 Å². The fourth-order valence-electron chi connectivity index (χ4n) is 4.22. The molecule has 0 bridgehead atoms. The Hall–Kier alpha value is -1.56. The number of aromatic nitrogens is 2. The third-order valence-corrected chi connectivity index (χ3v) is 5.82. The van der Waals surface area contributed by atoms with Gasteiger partial charge in [0, 0.05) is 52.2 Å². The highest BCUT2D eigenvalue weighted by Crippen LogP contribution is 2.40. The maximum atomic E-state index is 5.34. The number of nitrogens with zero attached hydrogens (tertiary/aromatic N) is 3. The van der Waals surface area contributed by atoms with E-state index in [1.807, 2.05) is 18.8 Å². The topological polar surface area (TPSA) is 63.5 Å². The van der Waals surface area contributed by atoms with E-state index in [9.17, 15) is 0 Å². The van der Waals surface area contributed by atoms with E-state index in [-0.39, 0.29) is 0 Å². The predicted octanol–water partition coefficient (Wildman–Crippen LogP) is 2.81. The van der Waals surface area contributed by atoms with Crippen molar-refractivity contribution in [1.29, 1.82) is 0 Å². The van der Waals surface area contributed by atoms with E-state index in [0.29, 0.717) is 5.41 Å². The highest BCUT2D eigenvalue weighted by Gasteiger charge is 2.33. The minimum absolute atomic E-state index is 0.352. The molecular weight excluding hydrogens is 326 g/mol. The van der Waals surface area contributed by atoms with Crippen molar-refractivity contribution in [2.24, 2.45) is 17.5 Å². The number of aryl methyl sites for hydroxylation is 2. The number of hydrogen-bond acceptors (Lipinski definition) is 3. The molecule has 0 aliphatic heterocycles. The second kappa shape index (κ2) is 9.95. The van der Waals surface area contributed by atoms with Gasteiger partial charge in [-0.1, -0.05) is 26.7 Å². The van der Waals surface area contributed by atoms with Crippen molar-refractivity contribution in [2.75, 3.05) is 27.3 Å². The molecule has 6 heteroatoms. The normalized spacial score (nSPS) is 16.9. The van der Waals surface area contributed by atoms with Gasteiger partial charge in [-0.2, -0.15) is 5.10 Å². The molecule has 6 nitrogen and oxygen atoms in total. The van der Waals surface area contributed by atoms with Crippen LogP contribution in [-0.4, -0.2) is 43.0 Å². The molecule has 0 radical (unpaired) electrons. The van der Waals surface area contributed by atoms with E-state index in [1.54, 1.807) is 7.11 Å². The fourth-order valence-corrected chi connectivity index (χ4v) is 4.22. The van der Waals surface area contributed by atoms with Crippen molar-refractivity contribution in [3.8, 4) is 0 Å². The average molecular weight is 364 g/mol. The molecule has 1 aromatic rings. The molecular formula is C20H37N5O.